The van der Waals surface area contributed by atoms with Crippen molar-refractivity contribution < 1.29 is 14.3 Å². The molecular weight excluding hydrogens is 318 g/mol. The lowest BCUT2D eigenvalue weighted by atomic mass is 9.81. The van der Waals surface area contributed by atoms with Gasteiger partial charge in [0.05, 0.1) is 24.1 Å². The lowest BCUT2D eigenvalue weighted by Crippen LogP contribution is -2.31. The molecule has 3 rings (SSSR count). The summed E-state index contributed by atoms with van der Waals surface area (Å²) in [6.45, 7) is 8.39. The highest BCUT2D eigenvalue weighted by atomic mass is 16.5. The number of allylic oxidation sites excluding steroid dienone is 2. The van der Waals surface area contributed by atoms with Crippen LogP contribution >= 0.6 is 0 Å². The van der Waals surface area contributed by atoms with Crippen LogP contribution in [0.5, 0.6) is 0 Å². The lowest BCUT2D eigenvalue weighted by molar-refractivity contribution is -0.136. The topological polar surface area (TPSA) is 72.8 Å². The van der Waals surface area contributed by atoms with Gasteiger partial charge in [-0.1, -0.05) is 6.07 Å². The van der Waals surface area contributed by atoms with Gasteiger partial charge in [0, 0.05) is 29.4 Å². The van der Waals surface area contributed by atoms with Crippen molar-refractivity contribution in [1.82, 2.24) is 10.3 Å². The fraction of sp³-hybridized carbons (Fsp3) is 0.421. The molecule has 0 bridgehead atoms. The molecule has 0 spiro atoms. The van der Waals surface area contributed by atoms with E-state index in [-0.39, 0.29) is 17.4 Å². The van der Waals surface area contributed by atoms with Gasteiger partial charge >= 0.3 is 5.97 Å². The summed E-state index contributed by atoms with van der Waals surface area (Å²) in [6, 6.07) is 3.81. The minimum Gasteiger partial charge on any atom is -0.475 e. The minimum atomic E-state index is -0.373. The van der Waals surface area contributed by atoms with Crippen LogP contribution in [0.25, 0.3) is 0 Å². The average molecular weight is 341 g/mol. The second kappa shape index (κ2) is 6.35. The molecule has 0 aliphatic carbocycles. The molecule has 1 aromatic heterocycles. The van der Waals surface area contributed by atoms with Crippen LogP contribution in [-0.2, 0) is 14.3 Å². The van der Waals surface area contributed by atoms with Gasteiger partial charge in [0.25, 0.3) is 0 Å². The quantitative estimate of drug-likeness (QED) is 0.856. The molecule has 0 fully saturated rings. The molecule has 6 heteroatoms. The van der Waals surface area contributed by atoms with E-state index in [0.29, 0.717) is 18.1 Å². The highest BCUT2D eigenvalue weighted by Crippen LogP contribution is 2.40. The van der Waals surface area contributed by atoms with Crippen molar-refractivity contribution in [3.63, 3.8) is 0 Å². The van der Waals surface area contributed by atoms with E-state index in [9.17, 15) is 4.79 Å². The number of carbonyl (C=O) groups is 1. The van der Waals surface area contributed by atoms with E-state index in [1.807, 2.05) is 39.8 Å². The van der Waals surface area contributed by atoms with Gasteiger partial charge in [-0.25, -0.2) is 9.79 Å². The molecule has 25 heavy (non-hydrogen) atoms. The maximum Gasteiger partial charge on any atom is 0.336 e. The summed E-state index contributed by atoms with van der Waals surface area (Å²) in [5.41, 5.74) is 3.69. The number of nitrogens with zero attached hydrogens (tertiary/aromatic N) is 2. The van der Waals surface area contributed by atoms with Crippen LogP contribution in [0.15, 0.2) is 52.1 Å². The zero-order valence-electron chi connectivity index (χ0n) is 15.2. The fourth-order valence-electron chi connectivity index (χ4n) is 3.26. The lowest BCUT2D eigenvalue weighted by Gasteiger charge is -2.30. The van der Waals surface area contributed by atoms with Crippen molar-refractivity contribution in [2.24, 2.45) is 4.99 Å². The number of hydrogen-bond donors (Lipinski definition) is 1. The summed E-state index contributed by atoms with van der Waals surface area (Å²) >= 11 is 0. The van der Waals surface area contributed by atoms with E-state index in [1.165, 1.54) is 7.11 Å². The van der Waals surface area contributed by atoms with E-state index in [2.05, 4.69) is 10.3 Å². The maximum atomic E-state index is 12.5. The molecule has 0 amide bonds. The SMILES string of the molecule is COC(=O)C1=C(C)NC(C)=C(C2=NC(C)(C)CO2)[C@@H]1c1cccnc1. The Morgan fingerprint density at radius 2 is 2.12 bits per heavy atom. The van der Waals surface area contributed by atoms with Gasteiger partial charge in [0.15, 0.2) is 0 Å². The Balaban J connectivity index is 2.18. The summed E-state index contributed by atoms with van der Waals surface area (Å²) in [7, 11) is 1.39. The van der Waals surface area contributed by atoms with Crippen LogP contribution in [0.2, 0.25) is 0 Å². The smallest absolute Gasteiger partial charge is 0.336 e. The molecule has 0 saturated heterocycles. The maximum absolute atomic E-state index is 12.5. The number of dihydropyridines is 1. The van der Waals surface area contributed by atoms with Crippen molar-refractivity contribution in [2.75, 3.05) is 13.7 Å². The highest BCUT2D eigenvalue weighted by molar-refractivity contribution is 6.02. The van der Waals surface area contributed by atoms with Crippen molar-refractivity contribution in [3.05, 3.63) is 52.6 Å². The van der Waals surface area contributed by atoms with Gasteiger partial charge in [-0.2, -0.15) is 0 Å². The number of carbonyl (C=O) groups excluding carboxylic acids is 1. The second-order valence-corrected chi connectivity index (χ2v) is 6.93. The van der Waals surface area contributed by atoms with Crippen molar-refractivity contribution in [1.29, 1.82) is 0 Å². The standard InChI is InChI=1S/C19H23N3O3/c1-11-14(17-22-19(3,4)10-25-17)16(13-7-6-8-20-9-13)15(12(2)21-11)18(23)24-5/h6-9,16,21H,10H2,1-5H3/t16-/m0/s1. The van der Waals surface area contributed by atoms with Crippen molar-refractivity contribution in [2.45, 2.75) is 39.2 Å². The van der Waals surface area contributed by atoms with Gasteiger partial charge in [0.2, 0.25) is 5.90 Å². The summed E-state index contributed by atoms with van der Waals surface area (Å²) in [4.78, 5) is 21.4. The Hall–Kier alpha value is -2.63. The van der Waals surface area contributed by atoms with Crippen LogP contribution in [0.4, 0.5) is 0 Å². The number of aliphatic imine (C=N–C) groups is 1. The van der Waals surface area contributed by atoms with Crippen LogP contribution in [0.1, 0.15) is 39.2 Å². The molecule has 1 aromatic rings. The Morgan fingerprint density at radius 3 is 2.68 bits per heavy atom. The summed E-state index contributed by atoms with van der Waals surface area (Å²) in [5, 5.41) is 3.28. The largest absolute Gasteiger partial charge is 0.475 e. The number of aromatic nitrogens is 1. The molecule has 2 aliphatic heterocycles. The number of methoxy groups -OCH3 is 1. The normalized spacial score (nSPS) is 22.3. The zero-order valence-corrected chi connectivity index (χ0v) is 15.2. The van der Waals surface area contributed by atoms with Crippen LogP contribution in [0, 0.1) is 0 Å². The molecule has 6 nitrogen and oxygen atoms in total. The third-order valence-corrected chi connectivity index (χ3v) is 4.38. The van der Waals surface area contributed by atoms with Crippen molar-refractivity contribution in [3.8, 4) is 0 Å². The number of ether oxygens (including phenoxy) is 2. The fourth-order valence-corrected chi connectivity index (χ4v) is 3.26. The van der Waals surface area contributed by atoms with E-state index in [0.717, 1.165) is 22.5 Å². The minimum absolute atomic E-state index is 0.288. The number of hydrogen-bond acceptors (Lipinski definition) is 6. The van der Waals surface area contributed by atoms with E-state index in [1.54, 1.807) is 12.4 Å². The molecule has 0 radical (unpaired) electrons. The van der Waals surface area contributed by atoms with Crippen LogP contribution < -0.4 is 5.32 Å². The van der Waals surface area contributed by atoms with E-state index in [4.69, 9.17) is 14.5 Å². The Bertz CT molecular complexity index is 791. The monoisotopic (exact) mass is 341 g/mol. The predicted octanol–water partition coefficient (Wildman–Crippen LogP) is 2.70. The van der Waals surface area contributed by atoms with Crippen molar-refractivity contribution >= 4 is 11.9 Å². The molecule has 132 valence electrons. The Morgan fingerprint density at radius 1 is 1.36 bits per heavy atom. The average Bonchev–Trinajstić information content (AvgIpc) is 2.93. The number of pyridine rings is 1. The van der Waals surface area contributed by atoms with Gasteiger partial charge in [-0.3, -0.25) is 4.98 Å². The molecule has 3 heterocycles. The highest BCUT2D eigenvalue weighted by Gasteiger charge is 2.39. The zero-order chi connectivity index (χ0) is 18.2. The van der Waals surface area contributed by atoms with Crippen LogP contribution in [-0.4, -0.2) is 36.1 Å². The van der Waals surface area contributed by atoms with Gasteiger partial charge in [-0.15, -0.1) is 0 Å². The molecule has 0 saturated carbocycles. The first-order valence-corrected chi connectivity index (χ1v) is 8.24. The number of nitrogens with one attached hydrogen (secondary N) is 1. The van der Waals surface area contributed by atoms with Crippen LogP contribution in [0.3, 0.4) is 0 Å². The summed E-state index contributed by atoms with van der Waals surface area (Å²) < 4.78 is 10.9. The third-order valence-electron chi connectivity index (χ3n) is 4.38. The van der Waals surface area contributed by atoms with E-state index < -0.39 is 0 Å². The number of rotatable bonds is 3. The second-order valence-electron chi connectivity index (χ2n) is 6.93. The summed E-state index contributed by atoms with van der Waals surface area (Å²) in [6.07, 6.45) is 3.47. The molecular formula is C19H23N3O3. The Kier molecular flexibility index (Phi) is 4.37. The molecule has 2 aliphatic rings. The Labute approximate surface area is 147 Å². The first-order valence-electron chi connectivity index (χ1n) is 8.24. The summed E-state index contributed by atoms with van der Waals surface area (Å²) in [5.74, 6) is -0.144. The first kappa shape index (κ1) is 17.2. The molecule has 0 aromatic carbocycles. The molecule has 1 atom stereocenters. The van der Waals surface area contributed by atoms with Gasteiger partial charge in [0.1, 0.15) is 6.61 Å². The number of esters is 1. The van der Waals surface area contributed by atoms with Gasteiger partial charge < -0.3 is 14.8 Å². The molecule has 0 unspecified atom stereocenters. The predicted molar refractivity (Wildman–Crippen MR) is 95.0 cm³/mol. The van der Waals surface area contributed by atoms with Gasteiger partial charge in [-0.05, 0) is 39.3 Å². The first-order chi connectivity index (χ1) is 11.8. The van der Waals surface area contributed by atoms with E-state index >= 15 is 0 Å². The third kappa shape index (κ3) is 3.16. The molecule has 1 N–H and O–H groups in total.